The number of piperidine rings is 1. The van der Waals surface area contributed by atoms with Gasteiger partial charge in [-0.25, -0.2) is 0 Å². The van der Waals surface area contributed by atoms with Gasteiger partial charge in [0.2, 0.25) is 5.91 Å². The Kier molecular flexibility index (Phi) is 10.5. The van der Waals surface area contributed by atoms with Crippen molar-refractivity contribution in [1.29, 1.82) is 0 Å². The fourth-order valence-electron chi connectivity index (χ4n) is 6.08. The van der Waals surface area contributed by atoms with Crippen LogP contribution in [-0.2, 0) is 34.3 Å². The van der Waals surface area contributed by atoms with Crippen molar-refractivity contribution in [1.82, 2.24) is 19.7 Å². The number of amides is 1. The first-order chi connectivity index (χ1) is 20.0. The molecular formula is C32H46N4O5. The van der Waals surface area contributed by atoms with Crippen LogP contribution < -0.4 is 15.6 Å². The number of aryl methyl sites for hydroxylation is 2. The zero-order valence-electron chi connectivity index (χ0n) is 24.7. The van der Waals surface area contributed by atoms with Gasteiger partial charge in [-0.2, -0.15) is 0 Å². The molecule has 3 fully saturated rings. The molecule has 0 spiro atoms. The predicted octanol–water partition coefficient (Wildman–Crippen LogP) is 2.56. The summed E-state index contributed by atoms with van der Waals surface area (Å²) in [6, 6.07) is 10.5. The van der Waals surface area contributed by atoms with Gasteiger partial charge in [-0.1, -0.05) is 6.07 Å². The predicted molar refractivity (Wildman–Crippen MR) is 158 cm³/mol. The van der Waals surface area contributed by atoms with Crippen molar-refractivity contribution < 1.29 is 19.0 Å². The maximum Gasteiger partial charge on any atom is 0.250 e. The number of rotatable bonds is 13. The zero-order chi connectivity index (χ0) is 28.6. The van der Waals surface area contributed by atoms with E-state index in [4.69, 9.17) is 14.2 Å². The summed E-state index contributed by atoms with van der Waals surface area (Å²) in [6.45, 7) is 7.71. The lowest BCUT2D eigenvalue weighted by atomic mass is 9.80. The van der Waals surface area contributed by atoms with Gasteiger partial charge >= 0.3 is 0 Å². The van der Waals surface area contributed by atoms with Gasteiger partial charge in [-0.15, -0.1) is 0 Å². The minimum absolute atomic E-state index is 0.0299. The molecule has 2 aromatic rings. The molecule has 5 rings (SSSR count). The first-order valence-electron chi connectivity index (χ1n) is 15.2. The second kappa shape index (κ2) is 14.4. The summed E-state index contributed by atoms with van der Waals surface area (Å²) >= 11 is 0. The molecule has 0 unspecified atom stereocenters. The summed E-state index contributed by atoms with van der Waals surface area (Å²) in [5, 5.41) is 3.44. The van der Waals surface area contributed by atoms with Crippen LogP contribution in [0.4, 0.5) is 0 Å². The average molecular weight is 567 g/mol. The van der Waals surface area contributed by atoms with Crippen LogP contribution in [0.5, 0.6) is 5.75 Å². The third-order valence-electron chi connectivity index (χ3n) is 8.60. The van der Waals surface area contributed by atoms with Crippen molar-refractivity contribution in [2.45, 2.75) is 50.6 Å². The topological polar surface area (TPSA) is 85.3 Å². The van der Waals surface area contributed by atoms with E-state index in [1.807, 2.05) is 12.3 Å². The number of morpholine rings is 1. The van der Waals surface area contributed by atoms with Crippen LogP contribution in [0.2, 0.25) is 0 Å². The number of pyridine rings is 1. The van der Waals surface area contributed by atoms with Gasteiger partial charge in [0.25, 0.3) is 5.56 Å². The summed E-state index contributed by atoms with van der Waals surface area (Å²) in [7, 11) is 3.49. The standard InChI is InChI=1S/C32H46N4O5/c1-34-10-8-26(21-31(34)37)29-7-9-33-22-30(29)32(38)36(27-5-6-27)23-25-18-24(4-3-14-39-2)19-28(20-25)41-17-13-35-11-15-40-16-12-35/h8,10,18-21,27,29-30,33H,3-7,9,11-17,22-23H2,1-2H3/t29-,30+/m1/s1. The Labute approximate surface area is 243 Å². The average Bonchev–Trinajstić information content (AvgIpc) is 3.83. The number of methoxy groups -OCH3 is 1. The highest BCUT2D eigenvalue weighted by Gasteiger charge is 2.40. The summed E-state index contributed by atoms with van der Waals surface area (Å²) in [5.74, 6) is 0.901. The molecule has 1 aromatic carbocycles. The van der Waals surface area contributed by atoms with Crippen molar-refractivity contribution in [3.05, 3.63) is 63.6 Å². The van der Waals surface area contributed by atoms with Gasteiger partial charge < -0.3 is 29.0 Å². The summed E-state index contributed by atoms with van der Waals surface area (Å²) in [5.41, 5.74) is 3.26. The van der Waals surface area contributed by atoms with E-state index in [2.05, 4.69) is 33.3 Å². The van der Waals surface area contributed by atoms with Crippen LogP contribution in [0.1, 0.15) is 48.3 Å². The maximum atomic E-state index is 14.2. The van der Waals surface area contributed by atoms with Crippen molar-refractivity contribution >= 4 is 5.91 Å². The van der Waals surface area contributed by atoms with Crippen LogP contribution in [0.3, 0.4) is 0 Å². The van der Waals surface area contributed by atoms with Gasteiger partial charge in [0.05, 0.1) is 19.1 Å². The fourth-order valence-corrected chi connectivity index (χ4v) is 6.08. The maximum absolute atomic E-state index is 14.2. The van der Waals surface area contributed by atoms with Crippen LogP contribution in [0.15, 0.2) is 41.3 Å². The largest absolute Gasteiger partial charge is 0.492 e. The van der Waals surface area contributed by atoms with Crippen LogP contribution in [0, 0.1) is 5.92 Å². The molecule has 0 bridgehead atoms. The molecule has 1 N–H and O–H groups in total. The zero-order valence-corrected chi connectivity index (χ0v) is 24.7. The highest BCUT2D eigenvalue weighted by molar-refractivity contribution is 5.81. The number of nitrogens with one attached hydrogen (secondary N) is 1. The van der Waals surface area contributed by atoms with Gasteiger partial charge in [-0.05, 0) is 79.5 Å². The molecule has 2 saturated heterocycles. The Morgan fingerprint density at radius 2 is 1.90 bits per heavy atom. The van der Waals surface area contributed by atoms with E-state index in [9.17, 15) is 9.59 Å². The molecule has 1 saturated carbocycles. The number of hydrogen-bond donors (Lipinski definition) is 1. The second-order valence-corrected chi connectivity index (χ2v) is 11.7. The van der Waals surface area contributed by atoms with Crippen LogP contribution in [0.25, 0.3) is 0 Å². The summed E-state index contributed by atoms with van der Waals surface area (Å²) in [4.78, 5) is 31.1. The Hall–Kier alpha value is -2.72. The fraction of sp³-hybridized carbons (Fsp3) is 0.625. The minimum atomic E-state index is -0.189. The molecular weight excluding hydrogens is 520 g/mol. The van der Waals surface area contributed by atoms with Crippen LogP contribution in [-0.4, -0.2) is 92.6 Å². The third kappa shape index (κ3) is 8.19. The van der Waals surface area contributed by atoms with E-state index >= 15 is 0 Å². The van der Waals surface area contributed by atoms with E-state index in [0.29, 0.717) is 26.3 Å². The van der Waals surface area contributed by atoms with E-state index in [-0.39, 0.29) is 29.3 Å². The number of aromatic nitrogens is 1. The molecule has 9 nitrogen and oxygen atoms in total. The monoisotopic (exact) mass is 566 g/mol. The Morgan fingerprint density at radius 3 is 2.66 bits per heavy atom. The summed E-state index contributed by atoms with van der Waals surface area (Å²) < 4.78 is 18.6. The first-order valence-corrected chi connectivity index (χ1v) is 15.2. The van der Waals surface area contributed by atoms with E-state index < -0.39 is 0 Å². The molecule has 0 radical (unpaired) electrons. The van der Waals surface area contributed by atoms with Crippen LogP contribution >= 0.6 is 0 Å². The molecule has 2 aliphatic heterocycles. The van der Waals surface area contributed by atoms with Crippen molar-refractivity contribution in [3.8, 4) is 5.75 Å². The number of carbonyl (C=O) groups excluding carboxylic acids is 1. The number of nitrogens with zero attached hydrogens (tertiary/aromatic N) is 3. The number of ether oxygens (including phenoxy) is 3. The molecule has 1 amide bonds. The molecule has 1 aliphatic carbocycles. The Balaban J connectivity index is 1.32. The van der Waals surface area contributed by atoms with E-state index in [0.717, 1.165) is 88.4 Å². The molecule has 41 heavy (non-hydrogen) atoms. The SMILES string of the molecule is COCCCc1cc(CN(C(=O)[C@H]2CNCC[C@@H]2c2ccn(C)c(=O)c2)C2CC2)cc(OCCN2CCOCC2)c1. The lowest BCUT2D eigenvalue weighted by Crippen LogP contribution is -2.47. The highest BCUT2D eigenvalue weighted by Crippen LogP contribution is 2.36. The molecule has 9 heteroatoms. The number of hydrogen-bond acceptors (Lipinski definition) is 7. The third-order valence-corrected chi connectivity index (χ3v) is 8.60. The molecule has 2 atom stereocenters. The minimum Gasteiger partial charge on any atom is -0.492 e. The van der Waals surface area contributed by atoms with Crippen molar-refractivity contribution in [3.63, 3.8) is 0 Å². The quantitative estimate of drug-likeness (QED) is 0.373. The van der Waals surface area contributed by atoms with E-state index in [1.165, 1.54) is 5.56 Å². The van der Waals surface area contributed by atoms with Gasteiger partial charge in [0.15, 0.2) is 0 Å². The lowest BCUT2D eigenvalue weighted by molar-refractivity contribution is -0.138. The van der Waals surface area contributed by atoms with Crippen molar-refractivity contribution in [2.75, 3.05) is 66.3 Å². The van der Waals surface area contributed by atoms with Gasteiger partial charge in [-0.3, -0.25) is 14.5 Å². The highest BCUT2D eigenvalue weighted by atomic mass is 16.5. The summed E-state index contributed by atoms with van der Waals surface area (Å²) in [6.07, 6.45) is 6.58. The van der Waals surface area contributed by atoms with Gasteiger partial charge in [0, 0.05) is 71.8 Å². The molecule has 3 aliphatic rings. The first kappa shape index (κ1) is 29.8. The lowest BCUT2D eigenvalue weighted by Gasteiger charge is -2.36. The smallest absolute Gasteiger partial charge is 0.250 e. The van der Waals surface area contributed by atoms with Gasteiger partial charge in [0.1, 0.15) is 12.4 Å². The Bertz CT molecular complexity index is 1210. The van der Waals surface area contributed by atoms with Crippen molar-refractivity contribution in [2.24, 2.45) is 13.0 Å². The van der Waals surface area contributed by atoms with E-state index in [1.54, 1.807) is 24.8 Å². The Morgan fingerprint density at radius 1 is 1.10 bits per heavy atom. The number of carbonyl (C=O) groups is 1. The second-order valence-electron chi connectivity index (χ2n) is 11.7. The normalized spacial score (nSPS) is 21.5. The number of benzene rings is 1. The molecule has 224 valence electrons. The molecule has 3 heterocycles. The molecule has 1 aromatic heterocycles.